The number of anilines is 4. The highest BCUT2D eigenvalue weighted by Gasteiger charge is 2.26. The van der Waals surface area contributed by atoms with E-state index in [4.69, 9.17) is 0 Å². The molecule has 2 fully saturated rings. The van der Waals surface area contributed by atoms with E-state index in [1.54, 1.807) is 0 Å². The van der Waals surface area contributed by atoms with E-state index in [9.17, 15) is 9.59 Å². The number of carbonyl (C=O) groups excluding carboxylic acids is 2. The Labute approximate surface area is 205 Å². The number of amides is 2. The molecule has 5 rings (SSSR count). The van der Waals surface area contributed by atoms with Crippen molar-refractivity contribution in [2.45, 2.75) is 57.4 Å². The maximum Gasteiger partial charge on any atom is 0.230 e. The van der Waals surface area contributed by atoms with Gasteiger partial charge in [0, 0.05) is 25.6 Å². The van der Waals surface area contributed by atoms with Gasteiger partial charge < -0.3 is 20.9 Å². The van der Waals surface area contributed by atoms with Gasteiger partial charge in [0.05, 0.1) is 6.42 Å². The summed E-state index contributed by atoms with van der Waals surface area (Å²) in [4.78, 5) is 26.4. The molecule has 12 heteroatoms. The third-order valence-corrected chi connectivity index (χ3v) is 7.70. The second-order valence-corrected chi connectivity index (χ2v) is 10.8. The minimum Gasteiger partial charge on any atom is -0.357 e. The zero-order valence-corrected chi connectivity index (χ0v) is 20.5. The molecule has 2 aromatic rings. The van der Waals surface area contributed by atoms with Gasteiger partial charge in [0.1, 0.15) is 0 Å². The summed E-state index contributed by atoms with van der Waals surface area (Å²) in [5, 5.41) is 28.5. The lowest BCUT2D eigenvalue weighted by Crippen LogP contribution is -2.39. The molecule has 1 saturated carbocycles. The largest absolute Gasteiger partial charge is 0.357 e. The Balaban J connectivity index is 1.05. The molecular weight excluding hydrogens is 472 g/mol. The van der Waals surface area contributed by atoms with Crippen LogP contribution in [0.15, 0.2) is 23.8 Å². The van der Waals surface area contributed by atoms with Crippen LogP contribution in [0.1, 0.15) is 51.4 Å². The molecule has 10 nitrogen and oxygen atoms in total. The fourth-order valence-corrected chi connectivity index (χ4v) is 5.57. The SMILES string of the molecule is O=C(CC1=CCCC=C1)Nc1nnc(NC2CCN(c3nnc(NC(=O)CC4CC4)s3)CC2)s1. The van der Waals surface area contributed by atoms with Gasteiger partial charge in [-0.15, -0.1) is 20.4 Å². The van der Waals surface area contributed by atoms with Crippen LogP contribution in [0.3, 0.4) is 0 Å². The summed E-state index contributed by atoms with van der Waals surface area (Å²) in [6.45, 7) is 1.68. The highest BCUT2D eigenvalue weighted by molar-refractivity contribution is 7.19. The van der Waals surface area contributed by atoms with Crippen LogP contribution in [-0.4, -0.2) is 51.3 Å². The van der Waals surface area contributed by atoms with Gasteiger partial charge in [-0.1, -0.05) is 40.9 Å². The third-order valence-electron chi connectivity index (χ3n) is 6.03. The topological polar surface area (TPSA) is 125 Å². The first-order valence-electron chi connectivity index (χ1n) is 11.7. The maximum atomic E-state index is 12.3. The Morgan fingerprint density at radius 1 is 0.912 bits per heavy atom. The molecule has 1 aliphatic heterocycles. The minimum absolute atomic E-state index is 0.0311. The number of aromatic nitrogens is 4. The number of piperidine rings is 1. The molecule has 0 aromatic carbocycles. The van der Waals surface area contributed by atoms with Crippen molar-refractivity contribution >= 4 is 55.0 Å². The molecule has 0 spiro atoms. The second-order valence-electron chi connectivity index (χ2n) is 8.89. The average molecular weight is 501 g/mol. The number of hydrogen-bond acceptors (Lipinski definition) is 10. The fourth-order valence-electron chi connectivity index (χ4n) is 4.02. The number of carbonyl (C=O) groups is 2. The van der Waals surface area contributed by atoms with Gasteiger partial charge in [-0.2, -0.15) is 0 Å². The fraction of sp³-hybridized carbons (Fsp3) is 0.545. The Hall–Kier alpha value is -2.86. The molecule has 0 unspecified atom stereocenters. The molecule has 1 saturated heterocycles. The van der Waals surface area contributed by atoms with E-state index in [0.29, 0.717) is 34.2 Å². The van der Waals surface area contributed by atoms with Crippen LogP contribution in [0.25, 0.3) is 0 Å². The lowest BCUT2D eigenvalue weighted by atomic mass is 10.0. The minimum atomic E-state index is -0.0750. The zero-order chi connectivity index (χ0) is 23.3. The van der Waals surface area contributed by atoms with Crippen LogP contribution >= 0.6 is 22.7 Å². The molecule has 34 heavy (non-hydrogen) atoms. The smallest absolute Gasteiger partial charge is 0.230 e. The standard InChI is InChI=1S/C22H28N8O2S2/c31-17(12-14-4-2-1-3-5-14)24-20-27-26-19(33-20)23-16-8-10-30(11-9-16)22-29-28-21(34-22)25-18(32)13-15-6-7-15/h2,4-5,15-16H,1,3,6-13H2,(H,23,26)(H,24,27,31)(H,25,28,32). The Morgan fingerprint density at radius 3 is 2.41 bits per heavy atom. The molecule has 0 bridgehead atoms. The molecule has 3 aliphatic rings. The number of rotatable bonds is 9. The van der Waals surface area contributed by atoms with E-state index in [1.807, 2.05) is 6.08 Å². The van der Waals surface area contributed by atoms with Gasteiger partial charge >= 0.3 is 0 Å². The van der Waals surface area contributed by atoms with Gasteiger partial charge in [-0.05, 0) is 50.0 Å². The van der Waals surface area contributed by atoms with Crippen molar-refractivity contribution in [3.8, 4) is 0 Å². The molecule has 180 valence electrons. The van der Waals surface area contributed by atoms with Crippen LogP contribution in [-0.2, 0) is 9.59 Å². The summed E-state index contributed by atoms with van der Waals surface area (Å²) in [5.41, 5.74) is 1.04. The molecule has 0 atom stereocenters. The first-order valence-corrected chi connectivity index (χ1v) is 13.4. The summed E-state index contributed by atoms with van der Waals surface area (Å²) in [5.74, 6) is 0.508. The quantitative estimate of drug-likeness (QED) is 0.475. The van der Waals surface area contributed by atoms with E-state index >= 15 is 0 Å². The van der Waals surface area contributed by atoms with Gasteiger partial charge in [-0.3, -0.25) is 9.59 Å². The lowest BCUT2D eigenvalue weighted by Gasteiger charge is -2.31. The third kappa shape index (κ3) is 6.38. The van der Waals surface area contributed by atoms with Crippen molar-refractivity contribution in [2.75, 3.05) is 33.9 Å². The zero-order valence-electron chi connectivity index (χ0n) is 18.8. The normalized spacial score (nSPS) is 18.5. The highest BCUT2D eigenvalue weighted by Crippen LogP contribution is 2.33. The molecule has 3 N–H and O–H groups in total. The Morgan fingerprint density at radius 2 is 1.65 bits per heavy atom. The van der Waals surface area contributed by atoms with Crippen LogP contribution < -0.4 is 20.9 Å². The monoisotopic (exact) mass is 500 g/mol. The van der Waals surface area contributed by atoms with Crippen LogP contribution in [0.4, 0.5) is 20.5 Å². The molecule has 2 aliphatic carbocycles. The van der Waals surface area contributed by atoms with E-state index in [-0.39, 0.29) is 17.9 Å². The number of allylic oxidation sites excluding steroid dienone is 3. The van der Waals surface area contributed by atoms with Crippen LogP contribution in [0.2, 0.25) is 0 Å². The van der Waals surface area contributed by atoms with Crippen molar-refractivity contribution in [3.63, 3.8) is 0 Å². The first kappa shape index (κ1) is 22.9. The predicted octanol–water partition coefficient (Wildman–Crippen LogP) is 3.81. The summed E-state index contributed by atoms with van der Waals surface area (Å²) in [7, 11) is 0. The predicted molar refractivity (Wildman–Crippen MR) is 134 cm³/mol. The summed E-state index contributed by atoms with van der Waals surface area (Å²) in [6, 6.07) is 0.274. The van der Waals surface area contributed by atoms with Gasteiger partial charge in [0.25, 0.3) is 0 Å². The average Bonchev–Trinajstić information content (AvgIpc) is 3.33. The van der Waals surface area contributed by atoms with Crippen molar-refractivity contribution in [3.05, 3.63) is 23.8 Å². The van der Waals surface area contributed by atoms with Crippen LogP contribution in [0, 0.1) is 5.92 Å². The summed E-state index contributed by atoms with van der Waals surface area (Å²) >= 11 is 2.78. The van der Waals surface area contributed by atoms with Crippen molar-refractivity contribution in [1.29, 1.82) is 0 Å². The van der Waals surface area contributed by atoms with Gasteiger partial charge in [0.15, 0.2) is 0 Å². The molecular formula is C22H28N8O2S2. The van der Waals surface area contributed by atoms with Crippen molar-refractivity contribution in [2.24, 2.45) is 5.92 Å². The molecule has 3 heterocycles. The van der Waals surface area contributed by atoms with Crippen molar-refractivity contribution < 1.29 is 9.59 Å². The number of hydrogen-bond donors (Lipinski definition) is 3. The van der Waals surface area contributed by atoms with Crippen molar-refractivity contribution in [1.82, 2.24) is 20.4 Å². The van der Waals surface area contributed by atoms with Gasteiger partial charge in [-0.25, -0.2) is 0 Å². The van der Waals surface area contributed by atoms with E-state index < -0.39 is 0 Å². The second kappa shape index (κ2) is 10.6. The summed E-state index contributed by atoms with van der Waals surface area (Å²) in [6.07, 6.45) is 13.3. The number of nitrogens with zero attached hydrogens (tertiary/aromatic N) is 5. The molecule has 2 amide bonds. The molecule has 0 radical (unpaired) electrons. The highest BCUT2D eigenvalue weighted by atomic mass is 32.1. The van der Waals surface area contributed by atoms with Gasteiger partial charge in [0.2, 0.25) is 32.3 Å². The Kier molecular flexibility index (Phi) is 7.14. The summed E-state index contributed by atoms with van der Waals surface area (Å²) < 4.78 is 0. The first-order chi connectivity index (χ1) is 16.6. The maximum absolute atomic E-state index is 12.3. The van der Waals surface area contributed by atoms with Crippen LogP contribution in [0.5, 0.6) is 0 Å². The van der Waals surface area contributed by atoms with E-state index in [0.717, 1.165) is 62.3 Å². The number of nitrogens with one attached hydrogen (secondary N) is 3. The molecule has 2 aromatic heterocycles. The lowest BCUT2D eigenvalue weighted by molar-refractivity contribution is -0.117. The Bertz CT molecular complexity index is 1080. The van der Waals surface area contributed by atoms with E-state index in [1.165, 1.54) is 22.7 Å². The van der Waals surface area contributed by atoms with E-state index in [2.05, 4.69) is 53.4 Å².